The first-order valence-corrected chi connectivity index (χ1v) is 11.4. The molecule has 0 heterocycles. The predicted molar refractivity (Wildman–Crippen MR) is 105 cm³/mol. The van der Waals surface area contributed by atoms with Crippen molar-refractivity contribution in [3.8, 4) is 0 Å². The molecule has 8 nitrogen and oxygen atoms in total. The highest BCUT2D eigenvalue weighted by Gasteiger charge is 2.28. The van der Waals surface area contributed by atoms with Crippen molar-refractivity contribution < 1.29 is 28.7 Å². The van der Waals surface area contributed by atoms with Gasteiger partial charge in [0.1, 0.15) is 12.3 Å². The summed E-state index contributed by atoms with van der Waals surface area (Å²) in [5.41, 5.74) is 0.828. The number of esters is 1. The topological polar surface area (TPSA) is 116 Å². The zero-order valence-corrected chi connectivity index (χ0v) is 17.6. The van der Waals surface area contributed by atoms with E-state index in [2.05, 4.69) is 5.32 Å². The number of carbonyl (C=O) groups is 2. The highest BCUT2D eigenvalue weighted by Crippen LogP contribution is 2.35. The lowest BCUT2D eigenvalue weighted by atomic mass is 10.1. The van der Waals surface area contributed by atoms with Gasteiger partial charge < -0.3 is 24.7 Å². The summed E-state index contributed by atoms with van der Waals surface area (Å²) in [6.45, 7) is 3.79. The van der Waals surface area contributed by atoms with Crippen LogP contribution < -0.4 is 5.32 Å². The minimum Gasteiger partial charge on any atom is -0.467 e. The van der Waals surface area contributed by atoms with Crippen molar-refractivity contribution in [3.63, 3.8) is 0 Å². The molecule has 10 heteroatoms. The van der Waals surface area contributed by atoms with Crippen LogP contribution in [-0.2, 0) is 20.5 Å². The van der Waals surface area contributed by atoms with E-state index in [1.165, 1.54) is 7.11 Å². The number of ether oxygens (including phenoxy) is 1. The van der Waals surface area contributed by atoms with Gasteiger partial charge in [0.15, 0.2) is 0 Å². The fourth-order valence-corrected chi connectivity index (χ4v) is 3.54. The van der Waals surface area contributed by atoms with Crippen LogP contribution in [0.4, 0.5) is 4.79 Å². The summed E-state index contributed by atoms with van der Waals surface area (Å²) in [7, 11) is -3.21. The summed E-state index contributed by atoms with van der Waals surface area (Å²) in [6.07, 6.45) is 1.45. The van der Waals surface area contributed by atoms with Gasteiger partial charge in [-0.25, -0.2) is 9.59 Å². The van der Waals surface area contributed by atoms with Crippen molar-refractivity contribution in [3.05, 3.63) is 29.8 Å². The maximum atomic E-state index is 12.5. The Bertz CT molecular complexity index is 677. The van der Waals surface area contributed by atoms with Crippen molar-refractivity contribution in [2.24, 2.45) is 5.92 Å². The average Bonchev–Trinajstić information content (AvgIpc) is 2.58. The Morgan fingerprint density at radius 1 is 1.26 bits per heavy atom. The molecule has 2 amide bonds. The van der Waals surface area contributed by atoms with Gasteiger partial charge in [0, 0.05) is 17.9 Å². The van der Waals surface area contributed by atoms with Crippen LogP contribution in [0.5, 0.6) is 0 Å². The van der Waals surface area contributed by atoms with Crippen LogP contribution in [-0.4, -0.2) is 58.9 Å². The van der Waals surface area contributed by atoms with Gasteiger partial charge in [-0.15, -0.1) is 11.8 Å². The van der Waals surface area contributed by atoms with Crippen LogP contribution in [0.15, 0.2) is 29.2 Å². The van der Waals surface area contributed by atoms with E-state index < -0.39 is 31.9 Å². The number of amides is 2. The van der Waals surface area contributed by atoms with E-state index in [0.29, 0.717) is 0 Å². The SMILES string of the molecule is COC(=O)[C@H](Cc1ccc(SC)cc1)NC(=O)N(CC(C)C)CP(=O)(O)O. The Morgan fingerprint density at radius 2 is 1.85 bits per heavy atom. The third kappa shape index (κ3) is 8.79. The first-order valence-electron chi connectivity index (χ1n) is 8.36. The van der Waals surface area contributed by atoms with Crippen LogP contribution in [0.1, 0.15) is 19.4 Å². The molecule has 1 aromatic rings. The Kier molecular flexibility index (Phi) is 9.32. The van der Waals surface area contributed by atoms with Gasteiger partial charge in [0.25, 0.3) is 0 Å². The van der Waals surface area contributed by atoms with Crippen LogP contribution in [0.3, 0.4) is 0 Å². The largest absolute Gasteiger partial charge is 0.467 e. The second kappa shape index (κ2) is 10.7. The molecule has 0 unspecified atom stereocenters. The van der Waals surface area contributed by atoms with Crippen LogP contribution in [0.25, 0.3) is 0 Å². The lowest BCUT2D eigenvalue weighted by Crippen LogP contribution is -2.50. The minimum atomic E-state index is -4.44. The van der Waals surface area contributed by atoms with Gasteiger partial charge in [-0.3, -0.25) is 4.57 Å². The van der Waals surface area contributed by atoms with E-state index in [4.69, 9.17) is 4.74 Å². The summed E-state index contributed by atoms with van der Waals surface area (Å²) in [5, 5.41) is 2.54. The standard InChI is InChI=1S/C17H27N2O6PS/c1-12(2)10-19(11-26(22,23)24)17(21)18-15(16(20)25-3)9-13-5-7-14(27-4)8-6-13/h5-8,12,15H,9-11H2,1-4H3,(H,18,21)(H2,22,23,24)/t15-/m0/s1. The zero-order chi connectivity index (χ0) is 20.6. The Hall–Kier alpha value is -1.54. The Morgan fingerprint density at radius 3 is 2.30 bits per heavy atom. The molecular weight excluding hydrogens is 391 g/mol. The molecule has 0 aliphatic heterocycles. The van der Waals surface area contributed by atoms with E-state index in [0.717, 1.165) is 15.4 Å². The zero-order valence-electron chi connectivity index (χ0n) is 15.9. The number of nitrogens with zero attached hydrogens (tertiary/aromatic N) is 1. The molecule has 1 aromatic carbocycles. The Labute approximate surface area is 163 Å². The molecule has 0 saturated carbocycles. The first kappa shape index (κ1) is 23.5. The maximum Gasteiger partial charge on any atom is 0.344 e. The maximum absolute atomic E-state index is 12.5. The molecule has 27 heavy (non-hydrogen) atoms. The van der Waals surface area contributed by atoms with Crippen molar-refractivity contribution >= 4 is 31.4 Å². The quantitative estimate of drug-likeness (QED) is 0.320. The van der Waals surface area contributed by atoms with Gasteiger partial charge in [-0.05, 0) is 29.9 Å². The fourth-order valence-electron chi connectivity index (χ4n) is 2.44. The van der Waals surface area contributed by atoms with Crippen molar-refractivity contribution in [1.29, 1.82) is 0 Å². The van der Waals surface area contributed by atoms with Crippen LogP contribution >= 0.6 is 19.4 Å². The molecule has 152 valence electrons. The Balaban J connectivity index is 2.93. The smallest absolute Gasteiger partial charge is 0.344 e. The molecule has 0 fully saturated rings. The average molecular weight is 418 g/mol. The lowest BCUT2D eigenvalue weighted by Gasteiger charge is -2.27. The highest BCUT2D eigenvalue weighted by molar-refractivity contribution is 7.98. The van der Waals surface area contributed by atoms with E-state index in [1.807, 2.05) is 44.4 Å². The lowest BCUT2D eigenvalue weighted by molar-refractivity contribution is -0.142. The van der Waals surface area contributed by atoms with E-state index in [9.17, 15) is 23.9 Å². The molecule has 1 rings (SSSR count). The number of rotatable bonds is 9. The molecule has 0 bridgehead atoms. The summed E-state index contributed by atoms with van der Waals surface area (Å²) in [6, 6.07) is 5.85. The van der Waals surface area contributed by atoms with Crippen LogP contribution in [0, 0.1) is 5.92 Å². The molecule has 0 aliphatic rings. The predicted octanol–water partition coefficient (Wildman–Crippen LogP) is 2.30. The molecule has 0 radical (unpaired) electrons. The van der Waals surface area contributed by atoms with Gasteiger partial charge in [-0.2, -0.15) is 0 Å². The molecule has 3 N–H and O–H groups in total. The van der Waals surface area contributed by atoms with E-state index >= 15 is 0 Å². The van der Waals surface area contributed by atoms with Gasteiger partial charge in [0.2, 0.25) is 0 Å². The summed E-state index contributed by atoms with van der Waals surface area (Å²) in [5.74, 6) is -0.629. The van der Waals surface area contributed by atoms with Gasteiger partial charge in [-0.1, -0.05) is 26.0 Å². The fraction of sp³-hybridized carbons (Fsp3) is 0.529. The summed E-state index contributed by atoms with van der Waals surface area (Å²) >= 11 is 1.59. The summed E-state index contributed by atoms with van der Waals surface area (Å²) < 4.78 is 16.1. The van der Waals surface area contributed by atoms with Gasteiger partial charge in [0.05, 0.1) is 7.11 Å². The number of hydrogen-bond acceptors (Lipinski definition) is 5. The van der Waals surface area contributed by atoms with Crippen molar-refractivity contribution in [2.75, 3.05) is 26.2 Å². The van der Waals surface area contributed by atoms with Gasteiger partial charge >= 0.3 is 19.6 Å². The van der Waals surface area contributed by atoms with E-state index in [-0.39, 0.29) is 18.9 Å². The number of benzene rings is 1. The molecule has 0 aliphatic carbocycles. The van der Waals surface area contributed by atoms with Crippen molar-refractivity contribution in [1.82, 2.24) is 10.2 Å². The molecule has 0 saturated heterocycles. The highest BCUT2D eigenvalue weighted by atomic mass is 32.2. The monoisotopic (exact) mass is 418 g/mol. The number of nitrogens with one attached hydrogen (secondary N) is 1. The molecular formula is C17H27N2O6PS. The molecule has 0 spiro atoms. The number of methoxy groups -OCH3 is 1. The minimum absolute atomic E-state index is 0.00188. The second-order valence-electron chi connectivity index (χ2n) is 6.50. The number of thioether (sulfide) groups is 1. The third-order valence-corrected chi connectivity index (χ3v) is 5.06. The second-order valence-corrected chi connectivity index (χ2v) is 8.99. The van der Waals surface area contributed by atoms with Crippen LogP contribution in [0.2, 0.25) is 0 Å². The summed E-state index contributed by atoms with van der Waals surface area (Å²) in [4.78, 5) is 45.2. The first-order chi connectivity index (χ1) is 12.6. The number of hydrogen-bond donors (Lipinski definition) is 3. The number of urea groups is 1. The van der Waals surface area contributed by atoms with E-state index in [1.54, 1.807) is 11.8 Å². The number of carbonyl (C=O) groups excluding carboxylic acids is 2. The molecule has 1 atom stereocenters. The van der Waals surface area contributed by atoms with Crippen molar-refractivity contribution in [2.45, 2.75) is 31.2 Å². The molecule has 0 aromatic heterocycles. The third-order valence-electron chi connectivity index (χ3n) is 3.61. The normalized spacial score (nSPS) is 12.6.